The SMILES string of the molecule is CCc1nnc(C)cc1C(=O)NCc1cccc(OC(F)(F)F)c1. The van der Waals surface area contributed by atoms with Gasteiger partial charge in [0.2, 0.25) is 0 Å². The molecule has 128 valence electrons. The lowest BCUT2D eigenvalue weighted by molar-refractivity contribution is -0.274. The molecule has 1 aromatic carbocycles. The van der Waals surface area contributed by atoms with Gasteiger partial charge in [-0.2, -0.15) is 10.2 Å². The van der Waals surface area contributed by atoms with Gasteiger partial charge in [0.15, 0.2) is 0 Å². The van der Waals surface area contributed by atoms with Crippen LogP contribution in [0.25, 0.3) is 0 Å². The van der Waals surface area contributed by atoms with E-state index < -0.39 is 6.36 Å². The molecule has 1 amide bonds. The van der Waals surface area contributed by atoms with Gasteiger partial charge in [0.05, 0.1) is 17.0 Å². The average Bonchev–Trinajstić information content (AvgIpc) is 2.51. The van der Waals surface area contributed by atoms with Crippen molar-refractivity contribution in [2.75, 3.05) is 0 Å². The van der Waals surface area contributed by atoms with Gasteiger partial charge in [-0.25, -0.2) is 0 Å². The molecular formula is C16H16F3N3O2. The summed E-state index contributed by atoms with van der Waals surface area (Å²) in [4.78, 5) is 12.3. The topological polar surface area (TPSA) is 64.1 Å². The molecule has 0 aliphatic carbocycles. The maximum Gasteiger partial charge on any atom is 0.573 e. The first-order valence-electron chi connectivity index (χ1n) is 7.24. The third-order valence-corrected chi connectivity index (χ3v) is 3.16. The van der Waals surface area contributed by atoms with Crippen molar-refractivity contribution in [2.45, 2.75) is 33.2 Å². The van der Waals surface area contributed by atoms with Crippen LogP contribution in [0.15, 0.2) is 30.3 Å². The smallest absolute Gasteiger partial charge is 0.406 e. The number of ether oxygens (including phenoxy) is 1. The summed E-state index contributed by atoms with van der Waals surface area (Å²) in [6.45, 7) is 3.65. The highest BCUT2D eigenvalue weighted by Crippen LogP contribution is 2.23. The first kappa shape index (κ1) is 17.7. The molecule has 5 nitrogen and oxygen atoms in total. The van der Waals surface area contributed by atoms with E-state index in [9.17, 15) is 18.0 Å². The van der Waals surface area contributed by atoms with E-state index in [2.05, 4.69) is 20.3 Å². The number of rotatable bonds is 5. The molecule has 0 bridgehead atoms. The highest BCUT2D eigenvalue weighted by Gasteiger charge is 2.31. The maximum atomic E-state index is 12.3. The number of aromatic nitrogens is 2. The van der Waals surface area contributed by atoms with Crippen LogP contribution in [-0.2, 0) is 13.0 Å². The van der Waals surface area contributed by atoms with Crippen LogP contribution in [0, 0.1) is 6.92 Å². The monoisotopic (exact) mass is 339 g/mol. The Morgan fingerprint density at radius 1 is 1.25 bits per heavy atom. The van der Waals surface area contributed by atoms with E-state index >= 15 is 0 Å². The van der Waals surface area contributed by atoms with E-state index in [1.807, 2.05) is 6.92 Å². The average molecular weight is 339 g/mol. The zero-order valence-corrected chi connectivity index (χ0v) is 13.1. The van der Waals surface area contributed by atoms with Gasteiger partial charge in [0.25, 0.3) is 5.91 Å². The Morgan fingerprint density at radius 2 is 2.00 bits per heavy atom. The molecule has 1 heterocycles. The van der Waals surface area contributed by atoms with E-state index in [0.29, 0.717) is 28.9 Å². The highest BCUT2D eigenvalue weighted by atomic mass is 19.4. The zero-order chi connectivity index (χ0) is 17.7. The van der Waals surface area contributed by atoms with Gasteiger partial charge in [-0.1, -0.05) is 19.1 Å². The normalized spacial score (nSPS) is 11.2. The molecule has 0 radical (unpaired) electrons. The summed E-state index contributed by atoms with van der Waals surface area (Å²) in [7, 11) is 0. The second kappa shape index (κ2) is 7.29. The molecule has 8 heteroatoms. The minimum absolute atomic E-state index is 0.0679. The molecule has 0 aliphatic heterocycles. The summed E-state index contributed by atoms with van der Waals surface area (Å²) in [5.74, 6) is -0.683. The van der Waals surface area contributed by atoms with Gasteiger partial charge < -0.3 is 10.1 Å². The summed E-state index contributed by atoms with van der Waals surface area (Å²) in [6, 6.07) is 7.08. The fourth-order valence-corrected chi connectivity index (χ4v) is 2.10. The van der Waals surface area contributed by atoms with Crippen LogP contribution >= 0.6 is 0 Å². The first-order chi connectivity index (χ1) is 11.3. The van der Waals surface area contributed by atoms with Gasteiger partial charge in [-0.05, 0) is 37.1 Å². The molecule has 0 unspecified atom stereocenters. The number of hydrogen-bond donors (Lipinski definition) is 1. The Balaban J connectivity index is 2.07. The lowest BCUT2D eigenvalue weighted by Gasteiger charge is -2.11. The minimum Gasteiger partial charge on any atom is -0.406 e. The largest absolute Gasteiger partial charge is 0.573 e. The number of carbonyl (C=O) groups excluding carboxylic acids is 1. The second-order valence-electron chi connectivity index (χ2n) is 5.08. The van der Waals surface area contributed by atoms with Crippen molar-refractivity contribution in [1.82, 2.24) is 15.5 Å². The quantitative estimate of drug-likeness (QED) is 0.909. The summed E-state index contributed by atoms with van der Waals surface area (Å²) in [5.41, 5.74) is 2.07. The van der Waals surface area contributed by atoms with Crippen LogP contribution in [0.3, 0.4) is 0 Å². The van der Waals surface area contributed by atoms with Gasteiger partial charge in [0, 0.05) is 6.54 Å². The number of aryl methyl sites for hydroxylation is 2. The molecule has 0 atom stereocenters. The third-order valence-electron chi connectivity index (χ3n) is 3.16. The number of nitrogens with zero attached hydrogens (tertiary/aromatic N) is 2. The van der Waals surface area contributed by atoms with Gasteiger partial charge in [-0.3, -0.25) is 4.79 Å². The van der Waals surface area contributed by atoms with E-state index in [1.54, 1.807) is 19.1 Å². The van der Waals surface area contributed by atoms with Crippen LogP contribution in [0.2, 0.25) is 0 Å². The molecule has 0 spiro atoms. The van der Waals surface area contributed by atoms with Crippen LogP contribution in [-0.4, -0.2) is 22.5 Å². The fourth-order valence-electron chi connectivity index (χ4n) is 2.10. The standard InChI is InChI=1S/C16H16F3N3O2/c1-3-14-13(7-10(2)21-22-14)15(23)20-9-11-5-4-6-12(8-11)24-16(17,18)19/h4-8H,3,9H2,1-2H3,(H,20,23). The lowest BCUT2D eigenvalue weighted by atomic mass is 10.1. The first-order valence-corrected chi connectivity index (χ1v) is 7.24. The van der Waals surface area contributed by atoms with Crippen molar-refractivity contribution in [3.8, 4) is 5.75 Å². The highest BCUT2D eigenvalue weighted by molar-refractivity contribution is 5.95. The number of benzene rings is 1. The van der Waals surface area contributed by atoms with Crippen molar-refractivity contribution >= 4 is 5.91 Å². The molecule has 0 saturated heterocycles. The molecule has 2 rings (SSSR count). The maximum absolute atomic E-state index is 12.3. The number of carbonyl (C=O) groups is 1. The Labute approximate surface area is 136 Å². The third kappa shape index (κ3) is 4.94. The Morgan fingerprint density at radius 3 is 2.67 bits per heavy atom. The number of nitrogens with one attached hydrogen (secondary N) is 1. The van der Waals surface area contributed by atoms with Crippen molar-refractivity contribution in [3.05, 3.63) is 52.8 Å². The Hall–Kier alpha value is -2.64. The molecule has 2 aromatic rings. The predicted octanol–water partition coefficient (Wildman–Crippen LogP) is 3.18. The zero-order valence-electron chi connectivity index (χ0n) is 13.1. The minimum atomic E-state index is -4.75. The van der Waals surface area contributed by atoms with E-state index in [1.165, 1.54) is 18.2 Å². The summed E-state index contributed by atoms with van der Waals surface area (Å²) in [5, 5.41) is 10.5. The molecule has 1 aromatic heterocycles. The van der Waals surface area contributed by atoms with E-state index in [4.69, 9.17) is 0 Å². The van der Waals surface area contributed by atoms with Crippen molar-refractivity contribution < 1.29 is 22.7 Å². The molecule has 0 aliphatic rings. The van der Waals surface area contributed by atoms with Crippen molar-refractivity contribution in [2.24, 2.45) is 0 Å². The Kier molecular flexibility index (Phi) is 5.38. The van der Waals surface area contributed by atoms with Crippen molar-refractivity contribution in [3.63, 3.8) is 0 Å². The molecule has 1 N–H and O–H groups in total. The van der Waals surface area contributed by atoms with Gasteiger partial charge >= 0.3 is 6.36 Å². The second-order valence-corrected chi connectivity index (χ2v) is 5.08. The van der Waals surface area contributed by atoms with Crippen LogP contribution in [0.5, 0.6) is 5.75 Å². The van der Waals surface area contributed by atoms with Crippen LogP contribution < -0.4 is 10.1 Å². The van der Waals surface area contributed by atoms with Crippen LogP contribution in [0.4, 0.5) is 13.2 Å². The summed E-state index contributed by atoms with van der Waals surface area (Å²) in [6.07, 6.45) is -4.21. The van der Waals surface area contributed by atoms with Crippen LogP contribution in [0.1, 0.15) is 34.2 Å². The van der Waals surface area contributed by atoms with Gasteiger partial charge in [0.1, 0.15) is 5.75 Å². The summed E-state index contributed by atoms with van der Waals surface area (Å²) >= 11 is 0. The Bertz CT molecular complexity index is 733. The van der Waals surface area contributed by atoms with E-state index in [0.717, 1.165) is 0 Å². The molecular weight excluding hydrogens is 323 g/mol. The molecule has 24 heavy (non-hydrogen) atoms. The predicted molar refractivity (Wildman–Crippen MR) is 80.4 cm³/mol. The van der Waals surface area contributed by atoms with Crippen molar-refractivity contribution in [1.29, 1.82) is 0 Å². The summed E-state index contributed by atoms with van der Waals surface area (Å²) < 4.78 is 40.5. The molecule has 0 fully saturated rings. The fraction of sp³-hybridized carbons (Fsp3) is 0.312. The number of alkyl halides is 3. The number of amides is 1. The number of halogens is 3. The van der Waals surface area contributed by atoms with E-state index in [-0.39, 0.29) is 18.2 Å². The molecule has 0 saturated carbocycles. The van der Waals surface area contributed by atoms with Gasteiger partial charge in [-0.15, -0.1) is 13.2 Å². The lowest BCUT2D eigenvalue weighted by Crippen LogP contribution is -2.25. The number of hydrogen-bond acceptors (Lipinski definition) is 4.